The Kier molecular flexibility index (Phi) is 4.55. The third-order valence-electron chi connectivity index (χ3n) is 5.22. The summed E-state index contributed by atoms with van der Waals surface area (Å²) < 4.78 is 1.90. The molecule has 6 nitrogen and oxygen atoms in total. The fourth-order valence-electron chi connectivity index (χ4n) is 3.93. The van der Waals surface area contributed by atoms with Crippen LogP contribution in [-0.4, -0.2) is 58.3 Å². The van der Waals surface area contributed by atoms with E-state index in [0.717, 1.165) is 50.2 Å². The number of nitrogens with one attached hydrogen (secondary N) is 1. The van der Waals surface area contributed by atoms with Crippen LogP contribution in [0.4, 0.5) is 0 Å². The lowest BCUT2D eigenvalue weighted by Gasteiger charge is -2.32. The van der Waals surface area contributed by atoms with Crippen molar-refractivity contribution >= 4 is 16.6 Å². The van der Waals surface area contributed by atoms with Crippen molar-refractivity contribution < 1.29 is 5.11 Å². The van der Waals surface area contributed by atoms with Gasteiger partial charge in [0.05, 0.1) is 24.4 Å². The Hall–Kier alpha value is -2.18. The number of β-amino-alcohol motifs (C(OH)–C–C–N with tert-alkyl or cyclic N) is 1. The van der Waals surface area contributed by atoms with Crippen molar-refractivity contribution in [1.82, 2.24) is 20.0 Å². The Balaban J connectivity index is 1.69. The molecule has 4 rings (SSSR count). The van der Waals surface area contributed by atoms with Crippen LogP contribution in [0.15, 0.2) is 35.7 Å². The van der Waals surface area contributed by atoms with Crippen molar-refractivity contribution in [2.45, 2.75) is 18.8 Å². The summed E-state index contributed by atoms with van der Waals surface area (Å²) in [6, 6.07) is 4.49. The molecule has 0 radical (unpaired) electrons. The summed E-state index contributed by atoms with van der Waals surface area (Å²) in [6.07, 6.45) is 8.01. The van der Waals surface area contributed by atoms with Crippen LogP contribution in [0.1, 0.15) is 29.9 Å². The zero-order valence-corrected chi connectivity index (χ0v) is 14.6. The molecule has 1 aromatic carbocycles. The number of piperidine rings is 1. The number of aryl methyl sites for hydroxylation is 1. The SMILES string of the molecule is Cn1cc2cc(C3=NC=CNC3)cc(C3CCN(CCO)CC3)c2n1. The largest absolute Gasteiger partial charge is 0.395 e. The number of aliphatic imine (C=N–C) groups is 1. The average Bonchev–Trinajstić information content (AvgIpc) is 3.03. The normalized spacial score (nSPS) is 19.2. The zero-order valence-electron chi connectivity index (χ0n) is 14.6. The molecule has 0 aliphatic carbocycles. The van der Waals surface area contributed by atoms with Crippen molar-refractivity contribution in [3.63, 3.8) is 0 Å². The number of nitrogens with zero attached hydrogens (tertiary/aromatic N) is 4. The number of hydrogen-bond donors (Lipinski definition) is 2. The molecule has 0 spiro atoms. The molecule has 1 aromatic heterocycles. The van der Waals surface area contributed by atoms with Gasteiger partial charge < -0.3 is 15.3 Å². The van der Waals surface area contributed by atoms with E-state index < -0.39 is 0 Å². The van der Waals surface area contributed by atoms with Crippen molar-refractivity contribution in [3.05, 3.63) is 41.9 Å². The van der Waals surface area contributed by atoms with Crippen molar-refractivity contribution in [1.29, 1.82) is 0 Å². The molecule has 0 unspecified atom stereocenters. The van der Waals surface area contributed by atoms with E-state index in [1.165, 1.54) is 16.5 Å². The number of aromatic nitrogens is 2. The number of aliphatic hydroxyl groups is 1. The minimum atomic E-state index is 0.241. The molecule has 3 heterocycles. The van der Waals surface area contributed by atoms with Gasteiger partial charge in [0, 0.05) is 37.6 Å². The average molecular weight is 339 g/mol. The Morgan fingerprint density at radius 1 is 1.28 bits per heavy atom. The number of hydrogen-bond acceptors (Lipinski definition) is 5. The maximum absolute atomic E-state index is 9.15. The molecule has 132 valence electrons. The topological polar surface area (TPSA) is 65.7 Å². The van der Waals surface area contributed by atoms with Crippen LogP contribution in [0.2, 0.25) is 0 Å². The molecular formula is C19H25N5O. The van der Waals surface area contributed by atoms with Gasteiger partial charge in [0.1, 0.15) is 0 Å². The van der Waals surface area contributed by atoms with E-state index >= 15 is 0 Å². The van der Waals surface area contributed by atoms with E-state index in [0.29, 0.717) is 5.92 Å². The van der Waals surface area contributed by atoms with Gasteiger partial charge in [-0.3, -0.25) is 9.67 Å². The summed E-state index contributed by atoms with van der Waals surface area (Å²) in [6.45, 7) is 3.85. The summed E-state index contributed by atoms with van der Waals surface area (Å²) >= 11 is 0. The molecular weight excluding hydrogens is 314 g/mol. The summed E-state index contributed by atoms with van der Waals surface area (Å²) in [5.41, 5.74) is 4.72. The van der Waals surface area contributed by atoms with E-state index in [2.05, 4.69) is 33.5 Å². The predicted octanol–water partition coefficient (Wildman–Crippen LogP) is 1.61. The van der Waals surface area contributed by atoms with E-state index in [4.69, 9.17) is 10.2 Å². The second kappa shape index (κ2) is 6.98. The van der Waals surface area contributed by atoms with Crippen LogP contribution in [0, 0.1) is 0 Å². The van der Waals surface area contributed by atoms with Gasteiger partial charge in [0.2, 0.25) is 0 Å². The second-order valence-electron chi connectivity index (χ2n) is 6.92. The molecule has 1 fully saturated rings. The standard InChI is InChI=1S/C19H25N5O/c1-23-13-16-10-15(18-12-20-4-5-21-18)11-17(19(16)22-23)14-2-6-24(7-3-14)8-9-25/h4-5,10-11,13-14,20,25H,2-3,6-9,12H2,1H3. The summed E-state index contributed by atoms with van der Waals surface area (Å²) in [5.74, 6) is 0.514. The number of benzene rings is 1. The highest BCUT2D eigenvalue weighted by Crippen LogP contribution is 2.33. The summed E-state index contributed by atoms with van der Waals surface area (Å²) in [7, 11) is 1.98. The third-order valence-corrected chi connectivity index (χ3v) is 5.22. The Labute approximate surface area is 147 Å². The van der Waals surface area contributed by atoms with Crippen LogP contribution in [0.3, 0.4) is 0 Å². The fourth-order valence-corrected chi connectivity index (χ4v) is 3.93. The lowest BCUT2D eigenvalue weighted by molar-refractivity contribution is 0.164. The Morgan fingerprint density at radius 2 is 2.12 bits per heavy atom. The number of rotatable bonds is 4. The highest BCUT2D eigenvalue weighted by Gasteiger charge is 2.24. The smallest absolute Gasteiger partial charge is 0.0958 e. The van der Waals surface area contributed by atoms with Gasteiger partial charge in [-0.15, -0.1) is 0 Å². The Morgan fingerprint density at radius 3 is 2.84 bits per heavy atom. The Bertz CT molecular complexity index is 815. The first-order valence-corrected chi connectivity index (χ1v) is 9.00. The van der Waals surface area contributed by atoms with E-state index in [-0.39, 0.29) is 6.61 Å². The fraction of sp³-hybridized carbons (Fsp3) is 0.474. The lowest BCUT2D eigenvalue weighted by Crippen LogP contribution is -2.35. The molecule has 1 saturated heterocycles. The van der Waals surface area contributed by atoms with Crippen molar-refractivity contribution in [3.8, 4) is 0 Å². The highest BCUT2D eigenvalue weighted by molar-refractivity contribution is 6.05. The molecule has 6 heteroatoms. The van der Waals surface area contributed by atoms with Crippen LogP contribution in [-0.2, 0) is 7.05 Å². The number of aliphatic hydroxyl groups excluding tert-OH is 1. The highest BCUT2D eigenvalue weighted by atomic mass is 16.3. The monoisotopic (exact) mass is 339 g/mol. The van der Waals surface area contributed by atoms with Crippen LogP contribution in [0.25, 0.3) is 10.9 Å². The minimum Gasteiger partial charge on any atom is -0.395 e. The molecule has 25 heavy (non-hydrogen) atoms. The third kappa shape index (κ3) is 3.32. The molecule has 0 bridgehead atoms. The van der Waals surface area contributed by atoms with Gasteiger partial charge in [0.15, 0.2) is 0 Å². The molecule has 2 N–H and O–H groups in total. The second-order valence-corrected chi connectivity index (χ2v) is 6.92. The molecule has 2 aliphatic rings. The first-order chi connectivity index (χ1) is 12.2. The van der Waals surface area contributed by atoms with Crippen LogP contribution >= 0.6 is 0 Å². The first kappa shape index (κ1) is 16.3. The van der Waals surface area contributed by atoms with E-state index in [1.54, 1.807) is 0 Å². The predicted molar refractivity (Wildman–Crippen MR) is 99.9 cm³/mol. The first-order valence-electron chi connectivity index (χ1n) is 9.00. The zero-order chi connectivity index (χ0) is 17.2. The molecule has 0 saturated carbocycles. The van der Waals surface area contributed by atoms with Crippen LogP contribution < -0.4 is 5.32 Å². The van der Waals surface area contributed by atoms with Gasteiger partial charge >= 0.3 is 0 Å². The molecule has 2 aromatic rings. The van der Waals surface area contributed by atoms with Crippen LogP contribution in [0.5, 0.6) is 0 Å². The van der Waals surface area contributed by atoms with Crippen molar-refractivity contribution in [2.24, 2.45) is 12.0 Å². The maximum atomic E-state index is 9.15. The van der Waals surface area contributed by atoms with E-state index in [1.807, 2.05) is 24.1 Å². The van der Waals surface area contributed by atoms with Gasteiger partial charge in [-0.2, -0.15) is 5.10 Å². The number of fused-ring (bicyclic) bond motifs is 1. The van der Waals surface area contributed by atoms with Gasteiger partial charge in [-0.1, -0.05) is 0 Å². The molecule has 0 atom stereocenters. The molecule has 0 amide bonds. The molecule has 2 aliphatic heterocycles. The minimum absolute atomic E-state index is 0.241. The van der Waals surface area contributed by atoms with E-state index in [9.17, 15) is 0 Å². The van der Waals surface area contributed by atoms with Crippen molar-refractivity contribution in [2.75, 3.05) is 32.8 Å². The van der Waals surface area contributed by atoms with Gasteiger partial charge in [0.25, 0.3) is 0 Å². The number of likely N-dealkylation sites (tertiary alicyclic amines) is 1. The summed E-state index contributed by atoms with van der Waals surface area (Å²) in [5, 5.41) is 18.3. The maximum Gasteiger partial charge on any atom is 0.0958 e. The summed E-state index contributed by atoms with van der Waals surface area (Å²) in [4.78, 5) is 6.89. The van der Waals surface area contributed by atoms with Gasteiger partial charge in [-0.05, 0) is 55.1 Å². The lowest BCUT2D eigenvalue weighted by atomic mass is 9.86. The quantitative estimate of drug-likeness (QED) is 0.888. The van der Waals surface area contributed by atoms with Gasteiger partial charge in [-0.25, -0.2) is 0 Å².